The molecule has 1 heterocycles. The number of nitrogens with zero attached hydrogens (tertiary/aromatic N) is 1. The van der Waals surface area contributed by atoms with Crippen molar-refractivity contribution in [3.63, 3.8) is 0 Å². The molecule has 0 saturated heterocycles. The number of hydrogen-bond acceptors (Lipinski definition) is 6. The Hall–Kier alpha value is -3.89. The van der Waals surface area contributed by atoms with Gasteiger partial charge >= 0.3 is 0 Å². The number of sulfonamides is 1. The van der Waals surface area contributed by atoms with E-state index in [4.69, 9.17) is 9.47 Å². The summed E-state index contributed by atoms with van der Waals surface area (Å²) in [5, 5.41) is 2.85. The summed E-state index contributed by atoms with van der Waals surface area (Å²) in [6.45, 7) is 3.67. The lowest BCUT2D eigenvalue weighted by molar-refractivity contribution is -0.128. The Bertz CT molecular complexity index is 1390. The SMILES string of the molecule is COc1ccc(C(=O)N2C[C@H](C(=O)NCc3ccccc3)Oc3ccccc32)cc1S(=O)(=O)NC(C)C. The van der Waals surface area contributed by atoms with E-state index in [1.54, 1.807) is 38.1 Å². The number of fused-ring (bicyclic) bond motifs is 1. The maximum absolute atomic E-state index is 13.7. The zero-order valence-corrected chi connectivity index (χ0v) is 21.6. The molecule has 0 saturated carbocycles. The van der Waals surface area contributed by atoms with Crippen molar-refractivity contribution in [3.8, 4) is 11.5 Å². The summed E-state index contributed by atoms with van der Waals surface area (Å²) < 4.78 is 39.5. The van der Waals surface area contributed by atoms with E-state index >= 15 is 0 Å². The second-order valence-corrected chi connectivity index (χ2v) is 10.5. The molecule has 10 heteroatoms. The number of methoxy groups -OCH3 is 1. The number of para-hydroxylation sites is 2. The molecule has 0 bridgehead atoms. The number of carbonyl (C=O) groups is 2. The number of anilines is 1. The van der Waals surface area contributed by atoms with Gasteiger partial charge in [0.2, 0.25) is 10.0 Å². The Balaban J connectivity index is 1.62. The molecule has 2 amide bonds. The van der Waals surface area contributed by atoms with Crippen molar-refractivity contribution in [1.29, 1.82) is 0 Å². The third kappa shape index (κ3) is 5.92. The summed E-state index contributed by atoms with van der Waals surface area (Å²) in [4.78, 5) is 28.0. The largest absolute Gasteiger partial charge is 0.495 e. The maximum atomic E-state index is 13.7. The molecule has 37 heavy (non-hydrogen) atoms. The van der Waals surface area contributed by atoms with Crippen LogP contribution in [0.2, 0.25) is 0 Å². The van der Waals surface area contributed by atoms with E-state index < -0.39 is 22.0 Å². The lowest BCUT2D eigenvalue weighted by atomic mass is 10.1. The molecule has 194 valence electrons. The summed E-state index contributed by atoms with van der Waals surface area (Å²) in [7, 11) is -2.58. The minimum absolute atomic E-state index is 0.0468. The average Bonchev–Trinajstić information content (AvgIpc) is 2.90. The van der Waals surface area contributed by atoms with E-state index in [1.807, 2.05) is 30.3 Å². The van der Waals surface area contributed by atoms with Crippen LogP contribution in [0.25, 0.3) is 0 Å². The summed E-state index contributed by atoms with van der Waals surface area (Å²) >= 11 is 0. The highest BCUT2D eigenvalue weighted by molar-refractivity contribution is 7.89. The maximum Gasteiger partial charge on any atom is 0.263 e. The van der Waals surface area contributed by atoms with Crippen molar-refractivity contribution in [2.75, 3.05) is 18.6 Å². The number of nitrogens with one attached hydrogen (secondary N) is 2. The zero-order chi connectivity index (χ0) is 26.6. The molecule has 4 rings (SSSR count). The van der Waals surface area contributed by atoms with E-state index in [-0.39, 0.29) is 34.7 Å². The van der Waals surface area contributed by atoms with Gasteiger partial charge in [-0.25, -0.2) is 13.1 Å². The monoisotopic (exact) mass is 523 g/mol. The zero-order valence-electron chi connectivity index (χ0n) is 20.8. The van der Waals surface area contributed by atoms with Gasteiger partial charge in [-0.3, -0.25) is 9.59 Å². The van der Waals surface area contributed by atoms with E-state index in [2.05, 4.69) is 10.0 Å². The van der Waals surface area contributed by atoms with Gasteiger partial charge in [0.15, 0.2) is 6.10 Å². The average molecular weight is 524 g/mol. The minimum Gasteiger partial charge on any atom is -0.495 e. The first-order valence-electron chi connectivity index (χ1n) is 11.8. The van der Waals surface area contributed by atoms with Crippen LogP contribution in [0.15, 0.2) is 77.7 Å². The van der Waals surface area contributed by atoms with Crippen LogP contribution in [0.1, 0.15) is 29.8 Å². The van der Waals surface area contributed by atoms with Crippen molar-refractivity contribution in [2.45, 2.75) is 37.4 Å². The molecular weight excluding hydrogens is 494 g/mol. The lowest BCUT2D eigenvalue weighted by Gasteiger charge is -2.34. The minimum atomic E-state index is -3.94. The number of hydrogen-bond donors (Lipinski definition) is 2. The van der Waals surface area contributed by atoms with Gasteiger partial charge in [-0.05, 0) is 49.7 Å². The predicted octanol–water partition coefficient (Wildman–Crippen LogP) is 3.11. The molecule has 0 unspecified atom stereocenters. The molecule has 3 aromatic carbocycles. The molecule has 2 N–H and O–H groups in total. The normalized spacial score (nSPS) is 15.0. The van der Waals surface area contributed by atoms with Crippen LogP contribution in [-0.4, -0.2) is 46.0 Å². The van der Waals surface area contributed by atoms with Gasteiger partial charge < -0.3 is 19.7 Å². The van der Waals surface area contributed by atoms with Crippen molar-refractivity contribution < 1.29 is 27.5 Å². The fourth-order valence-corrected chi connectivity index (χ4v) is 5.46. The van der Waals surface area contributed by atoms with Crippen molar-refractivity contribution in [1.82, 2.24) is 10.0 Å². The Morgan fingerprint density at radius 2 is 1.76 bits per heavy atom. The Labute approximate surface area is 216 Å². The molecule has 1 atom stereocenters. The predicted molar refractivity (Wildman–Crippen MR) is 139 cm³/mol. The van der Waals surface area contributed by atoms with Crippen LogP contribution < -0.4 is 24.4 Å². The molecule has 0 radical (unpaired) electrons. The van der Waals surface area contributed by atoms with Crippen LogP contribution in [-0.2, 0) is 21.4 Å². The molecule has 1 aliphatic heterocycles. The van der Waals surface area contributed by atoms with Crippen molar-refractivity contribution in [3.05, 3.63) is 83.9 Å². The van der Waals surface area contributed by atoms with Gasteiger partial charge in [-0.2, -0.15) is 0 Å². The molecule has 9 nitrogen and oxygen atoms in total. The van der Waals surface area contributed by atoms with Gasteiger partial charge in [0, 0.05) is 18.2 Å². The standard InChI is InChI=1S/C27H29N3O6S/c1-18(2)29-37(33,34)25-15-20(13-14-23(25)35-3)27(32)30-17-24(36-22-12-8-7-11-21(22)30)26(31)28-16-19-9-5-4-6-10-19/h4-15,18,24,29H,16-17H2,1-3H3,(H,28,31)/t24-/m1/s1. The second-order valence-electron chi connectivity index (χ2n) is 8.84. The lowest BCUT2D eigenvalue weighted by Crippen LogP contribution is -2.50. The van der Waals surface area contributed by atoms with Crippen LogP contribution >= 0.6 is 0 Å². The number of benzene rings is 3. The molecule has 0 spiro atoms. The van der Waals surface area contributed by atoms with Crippen LogP contribution in [0, 0.1) is 0 Å². The van der Waals surface area contributed by atoms with E-state index in [1.165, 1.54) is 30.2 Å². The number of rotatable bonds is 8. The van der Waals surface area contributed by atoms with Gasteiger partial charge in [0.1, 0.15) is 16.4 Å². The molecule has 3 aromatic rings. The Morgan fingerprint density at radius 3 is 2.46 bits per heavy atom. The summed E-state index contributed by atoms with van der Waals surface area (Å²) in [6, 6.07) is 20.2. The Kier molecular flexibility index (Phi) is 7.80. The first kappa shape index (κ1) is 26.2. The number of ether oxygens (including phenoxy) is 2. The van der Waals surface area contributed by atoms with E-state index in [0.717, 1.165) is 5.56 Å². The Morgan fingerprint density at radius 1 is 1.05 bits per heavy atom. The first-order chi connectivity index (χ1) is 17.7. The molecule has 0 fully saturated rings. The van der Waals surface area contributed by atoms with E-state index in [0.29, 0.717) is 18.0 Å². The van der Waals surface area contributed by atoms with Crippen LogP contribution in [0.3, 0.4) is 0 Å². The van der Waals surface area contributed by atoms with Crippen LogP contribution in [0.4, 0.5) is 5.69 Å². The highest BCUT2D eigenvalue weighted by atomic mass is 32.2. The summed E-state index contributed by atoms with van der Waals surface area (Å²) in [5.41, 5.74) is 1.55. The molecule has 0 aliphatic carbocycles. The number of carbonyl (C=O) groups excluding carboxylic acids is 2. The molecule has 0 aromatic heterocycles. The van der Waals surface area contributed by atoms with Crippen molar-refractivity contribution in [2.24, 2.45) is 0 Å². The number of amides is 2. The van der Waals surface area contributed by atoms with Gasteiger partial charge in [-0.1, -0.05) is 42.5 Å². The third-order valence-electron chi connectivity index (χ3n) is 5.71. The quantitative estimate of drug-likeness (QED) is 0.469. The highest BCUT2D eigenvalue weighted by Crippen LogP contribution is 2.35. The molecule has 1 aliphatic rings. The highest BCUT2D eigenvalue weighted by Gasteiger charge is 2.35. The van der Waals surface area contributed by atoms with Crippen molar-refractivity contribution >= 4 is 27.5 Å². The van der Waals surface area contributed by atoms with Gasteiger partial charge in [0.25, 0.3) is 11.8 Å². The summed E-state index contributed by atoms with van der Waals surface area (Å²) in [6.07, 6.45) is -0.952. The third-order valence-corrected chi connectivity index (χ3v) is 7.39. The fourth-order valence-electron chi connectivity index (χ4n) is 4.01. The van der Waals surface area contributed by atoms with Crippen LogP contribution in [0.5, 0.6) is 11.5 Å². The van der Waals surface area contributed by atoms with Gasteiger partial charge in [-0.15, -0.1) is 0 Å². The first-order valence-corrected chi connectivity index (χ1v) is 13.3. The fraction of sp³-hybridized carbons (Fsp3) is 0.259. The van der Waals surface area contributed by atoms with E-state index in [9.17, 15) is 18.0 Å². The topological polar surface area (TPSA) is 114 Å². The van der Waals surface area contributed by atoms with Gasteiger partial charge in [0.05, 0.1) is 19.3 Å². The summed E-state index contributed by atoms with van der Waals surface area (Å²) in [5.74, 6) is -0.342. The second kappa shape index (κ2) is 11.0. The smallest absolute Gasteiger partial charge is 0.263 e. The molecular formula is C27H29N3O6S.